The molecule has 3 aromatic rings. The van der Waals surface area contributed by atoms with Crippen molar-refractivity contribution in [3.8, 4) is 11.3 Å². The van der Waals surface area contributed by atoms with Gasteiger partial charge >= 0.3 is 0 Å². The Kier molecular flexibility index (Phi) is 6.73. The average Bonchev–Trinajstić information content (AvgIpc) is 2.68. The summed E-state index contributed by atoms with van der Waals surface area (Å²) in [4.78, 5) is 15.3. The van der Waals surface area contributed by atoms with Crippen molar-refractivity contribution in [1.82, 2.24) is 19.9 Å². The second kappa shape index (κ2) is 9.43. The molecule has 2 N–H and O–H groups in total. The van der Waals surface area contributed by atoms with E-state index in [0.717, 1.165) is 30.8 Å². The molecule has 0 atom stereocenters. The molecular weight excluding hydrogens is 379 g/mol. The van der Waals surface area contributed by atoms with Crippen molar-refractivity contribution in [1.29, 1.82) is 0 Å². The van der Waals surface area contributed by atoms with Crippen LogP contribution in [0.4, 0.5) is 21.8 Å². The van der Waals surface area contributed by atoms with Crippen LogP contribution in [0.3, 0.4) is 0 Å². The van der Waals surface area contributed by atoms with Crippen LogP contribution in [0.5, 0.6) is 0 Å². The second-order valence-corrected chi connectivity index (χ2v) is 6.94. The number of nitrogens with zero attached hydrogens (tertiary/aromatic N) is 4. The molecule has 0 aliphatic heterocycles. The lowest BCUT2D eigenvalue weighted by Crippen LogP contribution is -2.17. The highest BCUT2D eigenvalue weighted by molar-refractivity contribution is 6.33. The Morgan fingerprint density at radius 2 is 1.86 bits per heavy atom. The summed E-state index contributed by atoms with van der Waals surface area (Å²) in [6.07, 6.45) is 4.39. The van der Waals surface area contributed by atoms with Crippen molar-refractivity contribution >= 4 is 29.1 Å². The van der Waals surface area contributed by atoms with Gasteiger partial charge < -0.3 is 15.5 Å². The van der Waals surface area contributed by atoms with Gasteiger partial charge in [0.1, 0.15) is 11.6 Å². The molecule has 1 aromatic carbocycles. The van der Waals surface area contributed by atoms with E-state index in [1.165, 1.54) is 12.1 Å². The van der Waals surface area contributed by atoms with Crippen LogP contribution in [-0.2, 0) is 0 Å². The van der Waals surface area contributed by atoms with Gasteiger partial charge in [-0.1, -0.05) is 11.6 Å². The molecule has 0 amide bonds. The summed E-state index contributed by atoms with van der Waals surface area (Å²) in [5.41, 5.74) is 2.23. The number of nitrogens with one attached hydrogen (secondary N) is 2. The van der Waals surface area contributed by atoms with Gasteiger partial charge in [0, 0.05) is 30.6 Å². The van der Waals surface area contributed by atoms with Gasteiger partial charge in [0.2, 0.25) is 5.95 Å². The predicted octanol–water partition coefficient (Wildman–Crippen LogP) is 4.44. The molecule has 0 saturated heterocycles. The van der Waals surface area contributed by atoms with E-state index >= 15 is 0 Å². The lowest BCUT2D eigenvalue weighted by Gasteiger charge is -2.13. The van der Waals surface area contributed by atoms with Crippen LogP contribution in [0, 0.1) is 5.82 Å². The minimum Gasteiger partial charge on any atom is -0.354 e. The quantitative estimate of drug-likeness (QED) is 0.545. The highest BCUT2D eigenvalue weighted by atomic mass is 35.5. The Bertz CT molecular complexity index is 920. The number of pyridine rings is 1. The van der Waals surface area contributed by atoms with Gasteiger partial charge in [0.25, 0.3) is 0 Å². The molecule has 8 heteroatoms. The molecule has 0 radical (unpaired) electrons. The summed E-state index contributed by atoms with van der Waals surface area (Å²) in [6, 6.07) is 9.77. The number of hydrogen-bond donors (Lipinski definition) is 2. The normalized spacial score (nSPS) is 10.9. The third-order valence-electron chi connectivity index (χ3n) is 3.96. The van der Waals surface area contributed by atoms with Gasteiger partial charge in [-0.3, -0.25) is 4.98 Å². The van der Waals surface area contributed by atoms with Crippen molar-refractivity contribution < 1.29 is 4.39 Å². The lowest BCUT2D eigenvalue weighted by atomic mass is 10.2. The van der Waals surface area contributed by atoms with Gasteiger partial charge in [-0.15, -0.1) is 0 Å². The van der Waals surface area contributed by atoms with Crippen LogP contribution in [0.1, 0.15) is 6.42 Å². The summed E-state index contributed by atoms with van der Waals surface area (Å²) in [7, 11) is 4.07. The van der Waals surface area contributed by atoms with Crippen LogP contribution in [0.15, 0.2) is 48.8 Å². The number of rotatable bonds is 8. The molecule has 0 unspecified atom stereocenters. The Morgan fingerprint density at radius 1 is 1.07 bits per heavy atom. The summed E-state index contributed by atoms with van der Waals surface area (Å²) in [5, 5.41) is 6.69. The predicted molar refractivity (Wildman–Crippen MR) is 112 cm³/mol. The zero-order valence-electron chi connectivity index (χ0n) is 15.8. The average molecular weight is 401 g/mol. The molecule has 28 heavy (non-hydrogen) atoms. The maximum absolute atomic E-state index is 13.3. The summed E-state index contributed by atoms with van der Waals surface area (Å²) in [5.74, 6) is 0.679. The summed E-state index contributed by atoms with van der Waals surface area (Å²) < 4.78 is 13.3. The van der Waals surface area contributed by atoms with E-state index in [9.17, 15) is 4.39 Å². The molecule has 3 rings (SSSR count). The maximum Gasteiger partial charge on any atom is 0.225 e. The fourth-order valence-corrected chi connectivity index (χ4v) is 2.80. The van der Waals surface area contributed by atoms with Crippen molar-refractivity contribution in [3.05, 3.63) is 59.6 Å². The monoisotopic (exact) mass is 400 g/mol. The minimum atomic E-state index is -0.390. The zero-order valence-corrected chi connectivity index (χ0v) is 16.5. The van der Waals surface area contributed by atoms with E-state index in [4.69, 9.17) is 11.6 Å². The van der Waals surface area contributed by atoms with Crippen molar-refractivity contribution in [2.24, 2.45) is 0 Å². The van der Waals surface area contributed by atoms with E-state index in [2.05, 4.69) is 30.5 Å². The van der Waals surface area contributed by atoms with Crippen LogP contribution in [0.2, 0.25) is 5.02 Å². The van der Waals surface area contributed by atoms with Crippen molar-refractivity contribution in [2.75, 3.05) is 37.8 Å². The SMILES string of the molecule is CN(C)CCCNc1nc(Nc2ccc(F)cc2Cl)cc(-c2ccncc2)n1. The molecule has 6 nitrogen and oxygen atoms in total. The van der Waals surface area contributed by atoms with Crippen LogP contribution < -0.4 is 10.6 Å². The molecule has 0 aliphatic carbocycles. The third kappa shape index (κ3) is 5.61. The summed E-state index contributed by atoms with van der Waals surface area (Å²) >= 11 is 6.13. The Labute approximate surface area is 168 Å². The van der Waals surface area contributed by atoms with Gasteiger partial charge in [-0.25, -0.2) is 9.37 Å². The molecule has 0 saturated carbocycles. The topological polar surface area (TPSA) is 66.0 Å². The van der Waals surface area contributed by atoms with Crippen molar-refractivity contribution in [3.63, 3.8) is 0 Å². The van der Waals surface area contributed by atoms with E-state index in [0.29, 0.717) is 17.5 Å². The number of anilines is 3. The minimum absolute atomic E-state index is 0.282. The van der Waals surface area contributed by atoms with Gasteiger partial charge in [0.05, 0.1) is 16.4 Å². The van der Waals surface area contributed by atoms with Crippen LogP contribution >= 0.6 is 11.6 Å². The van der Waals surface area contributed by atoms with Gasteiger partial charge in [-0.2, -0.15) is 4.98 Å². The van der Waals surface area contributed by atoms with E-state index < -0.39 is 0 Å². The van der Waals surface area contributed by atoms with E-state index in [-0.39, 0.29) is 10.8 Å². The van der Waals surface area contributed by atoms with Crippen LogP contribution in [-0.4, -0.2) is 47.0 Å². The molecule has 0 spiro atoms. The first-order valence-electron chi connectivity index (χ1n) is 8.91. The Morgan fingerprint density at radius 3 is 2.57 bits per heavy atom. The third-order valence-corrected chi connectivity index (χ3v) is 4.27. The van der Waals surface area contributed by atoms with E-state index in [1.807, 2.05) is 32.3 Å². The second-order valence-electron chi connectivity index (χ2n) is 6.53. The van der Waals surface area contributed by atoms with E-state index in [1.54, 1.807) is 18.5 Å². The molecule has 0 aliphatic rings. The fraction of sp³-hybridized carbons (Fsp3) is 0.250. The highest BCUT2D eigenvalue weighted by Crippen LogP contribution is 2.28. The maximum atomic E-state index is 13.3. The van der Waals surface area contributed by atoms with Crippen LogP contribution in [0.25, 0.3) is 11.3 Å². The number of benzene rings is 1. The standard InChI is InChI=1S/C20H22ClFN6/c1-28(2)11-3-8-24-20-26-18(14-6-9-23-10-7-14)13-19(27-20)25-17-5-4-15(22)12-16(17)21/h4-7,9-10,12-13H,3,8,11H2,1-2H3,(H2,24,25,26,27). The smallest absolute Gasteiger partial charge is 0.225 e. The fourth-order valence-electron chi connectivity index (χ4n) is 2.59. The number of halogens is 2. The first kappa shape index (κ1) is 20.0. The van der Waals surface area contributed by atoms with Gasteiger partial charge in [-0.05, 0) is 57.4 Å². The lowest BCUT2D eigenvalue weighted by molar-refractivity contribution is 0.405. The van der Waals surface area contributed by atoms with Gasteiger partial charge in [0.15, 0.2) is 0 Å². The highest BCUT2D eigenvalue weighted by Gasteiger charge is 2.09. The molecule has 0 bridgehead atoms. The number of aromatic nitrogens is 3. The summed E-state index contributed by atoms with van der Waals surface area (Å²) in [6.45, 7) is 1.71. The Hall–Kier alpha value is -2.77. The first-order valence-corrected chi connectivity index (χ1v) is 9.29. The van der Waals surface area contributed by atoms with Crippen molar-refractivity contribution in [2.45, 2.75) is 6.42 Å². The molecular formula is C20H22ClFN6. The zero-order chi connectivity index (χ0) is 19.9. The molecule has 146 valence electrons. The number of hydrogen-bond acceptors (Lipinski definition) is 6. The molecule has 0 fully saturated rings. The first-order chi connectivity index (χ1) is 13.5. The molecule has 2 aromatic heterocycles. The Balaban J connectivity index is 1.86. The molecule has 2 heterocycles. The largest absolute Gasteiger partial charge is 0.354 e.